The zero-order valence-corrected chi connectivity index (χ0v) is 12.0. The number of phenols is 1. The average molecular weight is 264 g/mol. The van der Waals surface area contributed by atoms with E-state index in [1.807, 2.05) is 19.1 Å². The van der Waals surface area contributed by atoms with E-state index in [4.69, 9.17) is 4.74 Å². The number of rotatable bonds is 4. The molecule has 1 aliphatic carbocycles. The van der Waals surface area contributed by atoms with Gasteiger partial charge < -0.3 is 14.9 Å². The fourth-order valence-corrected chi connectivity index (χ4v) is 2.69. The van der Waals surface area contributed by atoms with E-state index in [0.717, 1.165) is 24.8 Å². The third-order valence-electron chi connectivity index (χ3n) is 4.04. The SMILES string of the molecule is CC(CO)c1ccc(O)c(OC2CCC(C)(C)C2)c1. The highest BCUT2D eigenvalue weighted by molar-refractivity contribution is 5.43. The molecule has 0 saturated heterocycles. The van der Waals surface area contributed by atoms with Gasteiger partial charge in [-0.05, 0) is 42.4 Å². The summed E-state index contributed by atoms with van der Waals surface area (Å²) in [7, 11) is 0. The summed E-state index contributed by atoms with van der Waals surface area (Å²) in [5.41, 5.74) is 1.32. The number of hydrogen-bond donors (Lipinski definition) is 2. The van der Waals surface area contributed by atoms with Crippen LogP contribution in [0.4, 0.5) is 0 Å². The van der Waals surface area contributed by atoms with Crippen LogP contribution in [0.2, 0.25) is 0 Å². The van der Waals surface area contributed by atoms with Crippen molar-refractivity contribution in [3.63, 3.8) is 0 Å². The largest absolute Gasteiger partial charge is 0.504 e. The Hall–Kier alpha value is -1.22. The van der Waals surface area contributed by atoms with E-state index >= 15 is 0 Å². The maximum Gasteiger partial charge on any atom is 0.161 e. The predicted octanol–water partition coefficient (Wildman–Crippen LogP) is 3.45. The molecule has 1 saturated carbocycles. The van der Waals surface area contributed by atoms with E-state index in [1.165, 1.54) is 0 Å². The van der Waals surface area contributed by atoms with E-state index in [1.54, 1.807) is 6.07 Å². The van der Waals surface area contributed by atoms with Gasteiger partial charge in [0.25, 0.3) is 0 Å². The van der Waals surface area contributed by atoms with Crippen LogP contribution < -0.4 is 4.74 Å². The molecule has 0 radical (unpaired) electrons. The zero-order chi connectivity index (χ0) is 14.0. The van der Waals surface area contributed by atoms with Gasteiger partial charge >= 0.3 is 0 Å². The van der Waals surface area contributed by atoms with Crippen molar-refractivity contribution in [3.8, 4) is 11.5 Å². The van der Waals surface area contributed by atoms with Crippen LogP contribution in [0.3, 0.4) is 0 Å². The second kappa shape index (κ2) is 5.41. The van der Waals surface area contributed by atoms with Crippen LogP contribution in [0.15, 0.2) is 18.2 Å². The van der Waals surface area contributed by atoms with Gasteiger partial charge in [0.15, 0.2) is 11.5 Å². The molecule has 0 spiro atoms. The van der Waals surface area contributed by atoms with E-state index in [0.29, 0.717) is 11.2 Å². The second-order valence-electron chi connectivity index (χ2n) is 6.46. The Labute approximate surface area is 115 Å². The summed E-state index contributed by atoms with van der Waals surface area (Å²) in [5, 5.41) is 19.1. The van der Waals surface area contributed by atoms with Crippen LogP contribution in [0.5, 0.6) is 11.5 Å². The van der Waals surface area contributed by atoms with Crippen LogP contribution in [0, 0.1) is 5.41 Å². The first-order chi connectivity index (χ1) is 8.91. The Kier molecular flexibility index (Phi) is 4.04. The molecule has 3 nitrogen and oxygen atoms in total. The number of benzene rings is 1. The summed E-state index contributed by atoms with van der Waals surface area (Å²) in [6.07, 6.45) is 3.39. The number of hydrogen-bond acceptors (Lipinski definition) is 3. The summed E-state index contributed by atoms with van der Waals surface area (Å²) in [6.45, 7) is 6.55. The quantitative estimate of drug-likeness (QED) is 0.875. The Bertz CT molecular complexity index is 440. The first-order valence-electron chi connectivity index (χ1n) is 7.02. The zero-order valence-electron chi connectivity index (χ0n) is 12.0. The third-order valence-corrected chi connectivity index (χ3v) is 4.04. The van der Waals surface area contributed by atoms with Gasteiger partial charge in [0.1, 0.15) is 0 Å². The molecule has 0 aromatic heterocycles. The molecule has 1 fully saturated rings. The smallest absolute Gasteiger partial charge is 0.161 e. The standard InChI is InChI=1S/C16H24O3/c1-11(10-17)12-4-5-14(18)15(8-12)19-13-6-7-16(2,3)9-13/h4-5,8,11,13,17-18H,6-7,9-10H2,1-3H3. The van der Waals surface area contributed by atoms with Gasteiger partial charge in [-0.3, -0.25) is 0 Å². The summed E-state index contributed by atoms with van der Waals surface area (Å²) in [5.74, 6) is 0.780. The van der Waals surface area contributed by atoms with Gasteiger partial charge in [-0.15, -0.1) is 0 Å². The third kappa shape index (κ3) is 3.41. The summed E-state index contributed by atoms with van der Waals surface area (Å²) in [6, 6.07) is 5.33. The first-order valence-corrected chi connectivity index (χ1v) is 7.02. The Morgan fingerprint density at radius 2 is 2.16 bits per heavy atom. The van der Waals surface area contributed by atoms with Gasteiger partial charge in [-0.25, -0.2) is 0 Å². The van der Waals surface area contributed by atoms with Crippen LogP contribution >= 0.6 is 0 Å². The molecule has 1 aliphatic rings. The highest BCUT2D eigenvalue weighted by Crippen LogP contribution is 2.40. The van der Waals surface area contributed by atoms with Crippen LogP contribution in [0.1, 0.15) is 51.5 Å². The lowest BCUT2D eigenvalue weighted by molar-refractivity contribution is 0.186. The molecule has 0 heterocycles. The molecule has 1 aromatic carbocycles. The molecule has 0 aliphatic heterocycles. The number of ether oxygens (including phenoxy) is 1. The number of aliphatic hydroxyl groups excluding tert-OH is 1. The molecular formula is C16H24O3. The van der Waals surface area contributed by atoms with Crippen LogP contribution in [0.25, 0.3) is 0 Å². The number of aliphatic hydroxyl groups is 1. The van der Waals surface area contributed by atoms with Crippen molar-refractivity contribution in [1.82, 2.24) is 0 Å². The second-order valence-corrected chi connectivity index (χ2v) is 6.46. The molecule has 3 heteroatoms. The van der Waals surface area contributed by atoms with Gasteiger partial charge in [0.2, 0.25) is 0 Å². The highest BCUT2D eigenvalue weighted by atomic mass is 16.5. The minimum Gasteiger partial charge on any atom is -0.504 e. The average Bonchev–Trinajstić information content (AvgIpc) is 2.70. The predicted molar refractivity (Wildman–Crippen MR) is 75.7 cm³/mol. The molecular weight excluding hydrogens is 240 g/mol. The Morgan fingerprint density at radius 1 is 1.42 bits per heavy atom. The van der Waals surface area contributed by atoms with Crippen molar-refractivity contribution < 1.29 is 14.9 Å². The maximum absolute atomic E-state index is 9.89. The van der Waals surface area contributed by atoms with Crippen molar-refractivity contribution in [2.24, 2.45) is 5.41 Å². The van der Waals surface area contributed by atoms with Gasteiger partial charge in [0.05, 0.1) is 6.10 Å². The highest BCUT2D eigenvalue weighted by Gasteiger charge is 2.32. The lowest BCUT2D eigenvalue weighted by atomic mass is 9.92. The lowest BCUT2D eigenvalue weighted by Crippen LogP contribution is -2.15. The minimum atomic E-state index is 0.0583. The van der Waals surface area contributed by atoms with Gasteiger partial charge in [-0.2, -0.15) is 0 Å². The molecule has 0 bridgehead atoms. The molecule has 19 heavy (non-hydrogen) atoms. The molecule has 0 amide bonds. The molecule has 2 rings (SSSR count). The number of phenolic OH excluding ortho intramolecular Hbond substituents is 1. The fourth-order valence-electron chi connectivity index (χ4n) is 2.69. The summed E-state index contributed by atoms with van der Waals surface area (Å²) in [4.78, 5) is 0. The van der Waals surface area contributed by atoms with Crippen LogP contribution in [-0.2, 0) is 0 Å². The lowest BCUT2D eigenvalue weighted by Gasteiger charge is -2.19. The fraction of sp³-hybridized carbons (Fsp3) is 0.625. The van der Waals surface area contributed by atoms with Crippen molar-refractivity contribution in [2.75, 3.05) is 6.61 Å². The van der Waals surface area contributed by atoms with E-state index in [2.05, 4.69) is 13.8 Å². The van der Waals surface area contributed by atoms with Crippen molar-refractivity contribution in [1.29, 1.82) is 0 Å². The van der Waals surface area contributed by atoms with E-state index in [-0.39, 0.29) is 24.4 Å². The topological polar surface area (TPSA) is 49.7 Å². The van der Waals surface area contributed by atoms with Gasteiger partial charge in [-0.1, -0.05) is 26.8 Å². The molecule has 2 unspecified atom stereocenters. The van der Waals surface area contributed by atoms with E-state index in [9.17, 15) is 10.2 Å². The van der Waals surface area contributed by atoms with Crippen molar-refractivity contribution in [3.05, 3.63) is 23.8 Å². The maximum atomic E-state index is 9.89. The molecule has 106 valence electrons. The van der Waals surface area contributed by atoms with Crippen LogP contribution in [-0.4, -0.2) is 22.9 Å². The minimum absolute atomic E-state index is 0.0583. The summed E-state index contributed by atoms with van der Waals surface area (Å²) < 4.78 is 5.95. The molecule has 2 atom stereocenters. The van der Waals surface area contributed by atoms with Crippen molar-refractivity contribution >= 4 is 0 Å². The molecule has 2 N–H and O–H groups in total. The Balaban J connectivity index is 2.11. The van der Waals surface area contributed by atoms with Crippen molar-refractivity contribution in [2.45, 2.75) is 52.1 Å². The van der Waals surface area contributed by atoms with E-state index < -0.39 is 0 Å². The molecule has 1 aromatic rings. The van der Waals surface area contributed by atoms with Gasteiger partial charge in [0, 0.05) is 12.5 Å². The summed E-state index contributed by atoms with van der Waals surface area (Å²) >= 11 is 0. The number of aromatic hydroxyl groups is 1. The monoisotopic (exact) mass is 264 g/mol. The first kappa shape index (κ1) is 14.2. The normalized spacial score (nSPS) is 23.3. The Morgan fingerprint density at radius 3 is 2.74 bits per heavy atom.